The van der Waals surface area contributed by atoms with Crippen LogP contribution in [0.4, 0.5) is 27.6 Å². The molecule has 0 aliphatic carbocycles. The van der Waals surface area contributed by atoms with Gasteiger partial charge < -0.3 is 15.5 Å². The van der Waals surface area contributed by atoms with Crippen molar-refractivity contribution in [3.63, 3.8) is 0 Å². The molecule has 0 fully saturated rings. The number of aromatic nitrogens is 3. The van der Waals surface area contributed by atoms with E-state index >= 15 is 4.39 Å². The summed E-state index contributed by atoms with van der Waals surface area (Å²) in [6.07, 6.45) is -3.12. The van der Waals surface area contributed by atoms with Gasteiger partial charge in [0.2, 0.25) is 5.60 Å². The summed E-state index contributed by atoms with van der Waals surface area (Å²) >= 11 is 4.01. The second-order valence-corrected chi connectivity index (χ2v) is 8.55. The van der Waals surface area contributed by atoms with E-state index in [1.165, 1.54) is 18.2 Å². The number of phenols is 1. The van der Waals surface area contributed by atoms with E-state index in [-0.39, 0.29) is 5.69 Å². The monoisotopic (exact) mass is 522 g/mol. The van der Waals surface area contributed by atoms with Crippen LogP contribution in [0, 0.1) is 18.6 Å². The Morgan fingerprint density at radius 1 is 0.972 bits per heavy atom. The lowest BCUT2D eigenvalue weighted by Gasteiger charge is -2.41. The number of rotatable bonds is 6. The van der Waals surface area contributed by atoms with Crippen LogP contribution in [-0.4, -0.2) is 36.9 Å². The third kappa shape index (κ3) is 4.42. The summed E-state index contributed by atoms with van der Waals surface area (Å²) in [6.45, 7) is 1.73. The molecule has 0 spiro atoms. The first kappa shape index (κ1) is 25.6. The van der Waals surface area contributed by atoms with E-state index in [2.05, 4.69) is 32.9 Å². The summed E-state index contributed by atoms with van der Waals surface area (Å²) in [5, 5.41) is 22.0. The maximum atomic E-state index is 15.1. The number of hydrogen-bond donors (Lipinski definition) is 4. The van der Waals surface area contributed by atoms with E-state index in [1.54, 1.807) is 25.1 Å². The zero-order valence-electron chi connectivity index (χ0n) is 18.5. The number of anilines is 1. The second-order valence-electron chi connectivity index (χ2n) is 8.03. The number of pyridine rings is 1. The zero-order chi connectivity index (χ0) is 26.3. The number of phenolic OH excluding ortho intramolecular Hbond substituents is 1. The predicted molar refractivity (Wildman–Crippen MR) is 126 cm³/mol. The minimum atomic E-state index is -5.44. The van der Waals surface area contributed by atoms with Gasteiger partial charge in [-0.15, -0.1) is 0 Å². The standard InChI is InChI=1S/C24H19F5N4O2S/c1-12-6-7-13-16(32-12)4-2-5-17(13)33-20(14-8-9-15(25)19(34)18(14)26)23(35,24(27,28)29)21(36)22-30-10-3-11-31-22/h2-11,20-21,33-36H,1H3/t20?,21-,23?/m1/s1. The molecule has 4 aromatic rings. The molecule has 6 nitrogen and oxygen atoms in total. The van der Waals surface area contributed by atoms with Crippen LogP contribution in [0.3, 0.4) is 0 Å². The van der Waals surface area contributed by atoms with E-state index < -0.39 is 51.8 Å². The number of nitrogens with zero attached hydrogens (tertiary/aromatic N) is 3. The van der Waals surface area contributed by atoms with E-state index in [0.717, 1.165) is 12.4 Å². The van der Waals surface area contributed by atoms with Crippen LogP contribution in [0.1, 0.15) is 28.4 Å². The molecule has 12 heteroatoms. The van der Waals surface area contributed by atoms with Gasteiger partial charge >= 0.3 is 6.18 Å². The van der Waals surface area contributed by atoms with Crippen molar-refractivity contribution in [1.29, 1.82) is 0 Å². The van der Waals surface area contributed by atoms with Crippen molar-refractivity contribution in [3.8, 4) is 5.75 Å². The van der Waals surface area contributed by atoms with Gasteiger partial charge in [-0.05, 0) is 43.3 Å². The summed E-state index contributed by atoms with van der Waals surface area (Å²) in [7, 11) is 0. The van der Waals surface area contributed by atoms with E-state index in [4.69, 9.17) is 0 Å². The zero-order valence-corrected chi connectivity index (χ0v) is 19.4. The number of hydrogen-bond acceptors (Lipinski definition) is 7. The minimum absolute atomic E-state index is 0.0606. The van der Waals surface area contributed by atoms with Crippen LogP contribution >= 0.6 is 12.6 Å². The third-order valence-electron chi connectivity index (χ3n) is 5.72. The Kier molecular flexibility index (Phi) is 6.76. The summed E-state index contributed by atoms with van der Waals surface area (Å²) in [5.41, 5.74) is -3.59. The number of halogens is 5. The molecule has 0 aliphatic heterocycles. The maximum Gasteiger partial charge on any atom is 0.421 e. The van der Waals surface area contributed by atoms with Crippen molar-refractivity contribution in [1.82, 2.24) is 15.0 Å². The van der Waals surface area contributed by atoms with Crippen molar-refractivity contribution in [2.45, 2.75) is 30.0 Å². The van der Waals surface area contributed by atoms with Crippen molar-refractivity contribution in [2.75, 3.05) is 5.32 Å². The van der Waals surface area contributed by atoms with E-state index in [1.807, 2.05) is 0 Å². The van der Waals surface area contributed by atoms with Crippen LogP contribution in [0.5, 0.6) is 5.75 Å². The van der Waals surface area contributed by atoms with Crippen LogP contribution in [-0.2, 0) is 0 Å². The van der Waals surface area contributed by atoms with Crippen molar-refractivity contribution in [3.05, 3.63) is 89.6 Å². The molecule has 0 aliphatic rings. The predicted octanol–water partition coefficient (Wildman–Crippen LogP) is 5.43. The van der Waals surface area contributed by atoms with Gasteiger partial charge in [0.15, 0.2) is 17.4 Å². The molecule has 0 saturated carbocycles. The van der Waals surface area contributed by atoms with Crippen LogP contribution in [0.15, 0.2) is 60.9 Å². The molecule has 0 amide bonds. The molecule has 0 radical (unpaired) electrons. The van der Waals surface area contributed by atoms with Crippen LogP contribution in [0.25, 0.3) is 10.9 Å². The number of alkyl halides is 3. The fourth-order valence-electron chi connectivity index (χ4n) is 3.87. The molecule has 188 valence electrons. The number of aryl methyl sites for hydroxylation is 1. The van der Waals surface area contributed by atoms with E-state index in [0.29, 0.717) is 28.7 Å². The molecule has 0 saturated heterocycles. The van der Waals surface area contributed by atoms with Crippen LogP contribution in [0.2, 0.25) is 0 Å². The molecular formula is C24H19F5N4O2S. The number of fused-ring (bicyclic) bond motifs is 1. The van der Waals surface area contributed by atoms with Gasteiger partial charge in [-0.25, -0.2) is 18.7 Å². The molecule has 36 heavy (non-hydrogen) atoms. The van der Waals surface area contributed by atoms with Crippen molar-refractivity contribution in [2.24, 2.45) is 0 Å². The minimum Gasteiger partial charge on any atom is -0.503 e. The Morgan fingerprint density at radius 2 is 1.67 bits per heavy atom. The number of benzene rings is 2. The Morgan fingerprint density at radius 3 is 2.33 bits per heavy atom. The highest BCUT2D eigenvalue weighted by atomic mass is 32.1. The highest BCUT2D eigenvalue weighted by Gasteiger charge is 2.64. The summed E-state index contributed by atoms with van der Waals surface area (Å²) < 4.78 is 73.0. The Bertz CT molecular complexity index is 1410. The fraction of sp³-hybridized carbons (Fsp3) is 0.208. The van der Waals surface area contributed by atoms with E-state index in [9.17, 15) is 27.8 Å². The fourth-order valence-corrected chi connectivity index (χ4v) is 4.30. The molecule has 0 bridgehead atoms. The number of thiol groups is 1. The average molecular weight is 522 g/mol. The van der Waals surface area contributed by atoms with Gasteiger partial charge in [-0.1, -0.05) is 12.1 Å². The second kappa shape index (κ2) is 9.51. The first-order chi connectivity index (χ1) is 16.9. The van der Waals surface area contributed by atoms with Gasteiger partial charge in [0.05, 0.1) is 11.6 Å². The highest BCUT2D eigenvalue weighted by Crippen LogP contribution is 2.52. The lowest BCUT2D eigenvalue weighted by Crippen LogP contribution is -2.56. The van der Waals surface area contributed by atoms with Gasteiger partial charge in [-0.3, -0.25) is 4.98 Å². The number of nitrogens with one attached hydrogen (secondary N) is 1. The highest BCUT2D eigenvalue weighted by molar-refractivity contribution is 7.80. The molecule has 2 aromatic heterocycles. The Hall–Kier alpha value is -3.51. The van der Waals surface area contributed by atoms with Gasteiger partial charge in [-0.2, -0.15) is 25.8 Å². The normalized spacial score (nSPS) is 15.3. The van der Waals surface area contributed by atoms with Gasteiger partial charge in [0, 0.05) is 34.7 Å². The lowest BCUT2D eigenvalue weighted by atomic mass is 9.83. The van der Waals surface area contributed by atoms with Crippen LogP contribution < -0.4 is 5.32 Å². The molecule has 2 unspecified atom stereocenters. The maximum absolute atomic E-state index is 15.1. The van der Waals surface area contributed by atoms with Gasteiger partial charge in [0.25, 0.3) is 0 Å². The van der Waals surface area contributed by atoms with Gasteiger partial charge in [0.1, 0.15) is 11.1 Å². The Labute approximate surface area is 207 Å². The largest absolute Gasteiger partial charge is 0.503 e. The first-order valence-electron chi connectivity index (χ1n) is 10.5. The number of aromatic hydroxyl groups is 1. The molecular weight excluding hydrogens is 503 g/mol. The summed E-state index contributed by atoms with van der Waals surface area (Å²) in [5.74, 6) is -5.05. The molecule has 4 rings (SSSR count). The summed E-state index contributed by atoms with van der Waals surface area (Å²) in [6, 6.07) is 8.09. The third-order valence-corrected chi connectivity index (χ3v) is 6.34. The Balaban J connectivity index is 1.98. The topological polar surface area (TPSA) is 91.2 Å². The molecule has 2 heterocycles. The van der Waals surface area contributed by atoms with Crippen molar-refractivity contribution >= 4 is 29.2 Å². The molecule has 2 aromatic carbocycles. The molecule has 3 atom stereocenters. The van der Waals surface area contributed by atoms with Crippen molar-refractivity contribution < 1.29 is 32.2 Å². The lowest BCUT2D eigenvalue weighted by molar-refractivity contribution is -0.267. The number of aliphatic hydroxyl groups is 1. The summed E-state index contributed by atoms with van der Waals surface area (Å²) in [4.78, 5) is 11.9. The SMILES string of the molecule is Cc1ccc2c(NC(c3ccc(F)c(O)c3F)C(O)([C@H](S)c3ncccn3)C(F)(F)F)cccc2n1. The quantitative estimate of drug-likeness (QED) is 0.199. The average Bonchev–Trinajstić information content (AvgIpc) is 2.85. The smallest absolute Gasteiger partial charge is 0.421 e. The molecule has 3 N–H and O–H groups in total. The first-order valence-corrected chi connectivity index (χ1v) is 11.0.